The average Bonchev–Trinajstić information content (AvgIpc) is 3.21. The molecule has 0 saturated heterocycles. The van der Waals surface area contributed by atoms with Crippen LogP contribution in [-0.2, 0) is 15.8 Å². The first kappa shape index (κ1) is 24.2. The van der Waals surface area contributed by atoms with Crippen molar-refractivity contribution in [2.75, 3.05) is 24.7 Å². The van der Waals surface area contributed by atoms with E-state index in [-0.39, 0.29) is 11.4 Å². The lowest BCUT2D eigenvalue weighted by Crippen LogP contribution is -2.36. The number of aryl methyl sites for hydroxylation is 1. The van der Waals surface area contributed by atoms with Crippen molar-refractivity contribution in [1.29, 1.82) is 0 Å². The van der Waals surface area contributed by atoms with E-state index in [0.717, 1.165) is 45.6 Å². The van der Waals surface area contributed by atoms with Crippen LogP contribution in [0.1, 0.15) is 16.7 Å². The first-order valence-corrected chi connectivity index (χ1v) is 10.7. The first-order valence-electron chi connectivity index (χ1n) is 9.75. The second kappa shape index (κ2) is 10.0. The number of halogens is 3. The molecule has 0 aliphatic rings. The van der Waals surface area contributed by atoms with E-state index in [2.05, 4.69) is 20.8 Å². The number of aromatic nitrogens is 4. The molecular formula is C21H21F3N6O2S. The van der Waals surface area contributed by atoms with Gasteiger partial charge in [-0.1, -0.05) is 36.0 Å². The van der Waals surface area contributed by atoms with Gasteiger partial charge in [0.05, 0.1) is 29.2 Å². The molecule has 1 aromatic heterocycles. The van der Waals surface area contributed by atoms with Crippen LogP contribution in [0.3, 0.4) is 0 Å². The van der Waals surface area contributed by atoms with E-state index in [9.17, 15) is 22.8 Å². The predicted octanol–water partition coefficient (Wildman–Crippen LogP) is 3.49. The molecule has 2 amide bonds. The molecule has 0 spiro atoms. The molecule has 12 heteroatoms. The summed E-state index contributed by atoms with van der Waals surface area (Å²) >= 11 is 1.09. The van der Waals surface area contributed by atoms with E-state index in [0.29, 0.717) is 5.16 Å². The summed E-state index contributed by atoms with van der Waals surface area (Å²) in [5, 5.41) is 14.2. The number of hydrogen-bond acceptors (Lipinski definition) is 6. The Bertz CT molecular complexity index is 1160. The van der Waals surface area contributed by atoms with Gasteiger partial charge >= 0.3 is 6.18 Å². The molecule has 0 radical (unpaired) electrons. The van der Waals surface area contributed by atoms with Gasteiger partial charge in [0.15, 0.2) is 0 Å². The zero-order chi connectivity index (χ0) is 24.2. The number of amides is 2. The van der Waals surface area contributed by atoms with E-state index in [1.165, 1.54) is 23.9 Å². The monoisotopic (exact) mass is 478 g/mol. The van der Waals surface area contributed by atoms with Crippen LogP contribution in [0, 0.1) is 13.8 Å². The lowest BCUT2D eigenvalue weighted by Gasteiger charge is -2.18. The highest BCUT2D eigenvalue weighted by molar-refractivity contribution is 7.99. The lowest BCUT2D eigenvalue weighted by molar-refractivity contribution is -0.137. The Hall–Kier alpha value is -3.41. The predicted molar refractivity (Wildman–Crippen MR) is 117 cm³/mol. The lowest BCUT2D eigenvalue weighted by atomic mass is 10.1. The molecule has 0 bridgehead atoms. The number of carbonyl (C=O) groups excluding carboxylic acids is 2. The third-order valence-electron chi connectivity index (χ3n) is 4.88. The highest BCUT2D eigenvalue weighted by atomic mass is 32.2. The number of hydrogen-bond donors (Lipinski definition) is 1. The van der Waals surface area contributed by atoms with Crippen LogP contribution in [0.2, 0.25) is 0 Å². The fraction of sp³-hybridized carbons (Fsp3) is 0.286. The number of carbonyl (C=O) groups is 2. The zero-order valence-electron chi connectivity index (χ0n) is 18.1. The van der Waals surface area contributed by atoms with Crippen LogP contribution in [0.15, 0.2) is 47.6 Å². The van der Waals surface area contributed by atoms with Gasteiger partial charge in [0.25, 0.3) is 0 Å². The standard InChI is InChI=1S/C21H21F3N6O2S/c1-13-7-6-10-17(14(13)2)30-20(26-27-28-30)33-12-19(32)29(3)11-18(31)25-16-9-5-4-8-15(16)21(22,23)24/h4-10H,11-12H2,1-3H3,(H,25,31). The van der Waals surface area contributed by atoms with Crippen molar-refractivity contribution in [1.82, 2.24) is 25.1 Å². The largest absolute Gasteiger partial charge is 0.418 e. The first-order chi connectivity index (χ1) is 15.6. The Morgan fingerprint density at radius 2 is 1.85 bits per heavy atom. The highest BCUT2D eigenvalue weighted by Gasteiger charge is 2.33. The Kier molecular flexibility index (Phi) is 7.36. The van der Waals surface area contributed by atoms with Crippen LogP contribution in [0.25, 0.3) is 5.69 Å². The molecule has 0 unspecified atom stereocenters. The van der Waals surface area contributed by atoms with Gasteiger partial charge in [-0.2, -0.15) is 17.9 Å². The number of benzene rings is 2. The molecule has 2 aromatic carbocycles. The smallest absolute Gasteiger partial charge is 0.336 e. The molecule has 0 aliphatic heterocycles. The van der Waals surface area contributed by atoms with Crippen molar-refractivity contribution in [3.8, 4) is 5.69 Å². The van der Waals surface area contributed by atoms with Crippen LogP contribution < -0.4 is 5.32 Å². The van der Waals surface area contributed by atoms with Crippen molar-refractivity contribution in [3.63, 3.8) is 0 Å². The van der Waals surface area contributed by atoms with E-state index in [4.69, 9.17) is 0 Å². The molecule has 0 atom stereocenters. The maximum atomic E-state index is 13.1. The second-order valence-corrected chi connectivity index (χ2v) is 8.16. The van der Waals surface area contributed by atoms with Gasteiger partial charge < -0.3 is 10.2 Å². The van der Waals surface area contributed by atoms with E-state index in [1.54, 1.807) is 0 Å². The molecular weight excluding hydrogens is 457 g/mol. The number of nitrogens with zero attached hydrogens (tertiary/aromatic N) is 5. The summed E-state index contributed by atoms with van der Waals surface area (Å²) in [4.78, 5) is 25.9. The Balaban J connectivity index is 1.60. The maximum absolute atomic E-state index is 13.1. The number of nitrogens with one attached hydrogen (secondary N) is 1. The number of likely N-dealkylation sites (N-methyl/N-ethyl adjacent to an activating group) is 1. The van der Waals surface area contributed by atoms with Gasteiger partial charge in [0, 0.05) is 7.05 Å². The Labute approximate surface area is 192 Å². The van der Waals surface area contributed by atoms with Crippen molar-refractivity contribution >= 4 is 29.3 Å². The molecule has 8 nitrogen and oxygen atoms in total. The van der Waals surface area contributed by atoms with Gasteiger partial charge in [0.2, 0.25) is 17.0 Å². The van der Waals surface area contributed by atoms with Crippen molar-refractivity contribution in [2.24, 2.45) is 0 Å². The second-order valence-electron chi connectivity index (χ2n) is 7.22. The third-order valence-corrected chi connectivity index (χ3v) is 5.79. The fourth-order valence-corrected chi connectivity index (χ4v) is 3.78. The summed E-state index contributed by atoms with van der Waals surface area (Å²) in [6.07, 6.45) is -4.61. The molecule has 1 heterocycles. The maximum Gasteiger partial charge on any atom is 0.418 e. The molecule has 0 saturated carbocycles. The van der Waals surface area contributed by atoms with Crippen LogP contribution in [-0.4, -0.2) is 56.3 Å². The van der Waals surface area contributed by atoms with Gasteiger partial charge in [-0.3, -0.25) is 9.59 Å². The summed E-state index contributed by atoms with van der Waals surface area (Å²) < 4.78 is 40.8. The van der Waals surface area contributed by atoms with Gasteiger partial charge in [-0.05, 0) is 53.6 Å². The van der Waals surface area contributed by atoms with Gasteiger partial charge in [-0.25, -0.2) is 0 Å². The van der Waals surface area contributed by atoms with Crippen molar-refractivity contribution in [3.05, 3.63) is 59.2 Å². The van der Waals surface area contributed by atoms with Crippen LogP contribution in [0.5, 0.6) is 0 Å². The molecule has 0 aliphatic carbocycles. The number of anilines is 1. The molecule has 1 N–H and O–H groups in total. The van der Waals surface area contributed by atoms with Crippen molar-refractivity contribution in [2.45, 2.75) is 25.2 Å². The number of para-hydroxylation sites is 1. The van der Waals surface area contributed by atoms with E-state index < -0.39 is 30.1 Å². The normalized spacial score (nSPS) is 11.3. The van der Waals surface area contributed by atoms with E-state index >= 15 is 0 Å². The Morgan fingerprint density at radius 1 is 1.12 bits per heavy atom. The summed E-state index contributed by atoms with van der Waals surface area (Å²) in [6, 6.07) is 10.4. The highest BCUT2D eigenvalue weighted by Crippen LogP contribution is 2.34. The Morgan fingerprint density at radius 3 is 2.58 bits per heavy atom. The number of thioether (sulfide) groups is 1. The SMILES string of the molecule is Cc1cccc(-n2nnnc2SCC(=O)N(C)CC(=O)Nc2ccccc2C(F)(F)F)c1C. The quantitative estimate of drug-likeness (QED) is 0.523. The van der Waals surface area contributed by atoms with Gasteiger partial charge in [0.1, 0.15) is 0 Å². The van der Waals surface area contributed by atoms with Gasteiger partial charge in [-0.15, -0.1) is 5.10 Å². The van der Waals surface area contributed by atoms with Crippen molar-refractivity contribution < 1.29 is 22.8 Å². The number of rotatable bonds is 7. The molecule has 33 heavy (non-hydrogen) atoms. The molecule has 174 valence electrons. The zero-order valence-corrected chi connectivity index (χ0v) is 18.9. The third kappa shape index (κ3) is 5.89. The summed E-state index contributed by atoms with van der Waals surface area (Å²) in [7, 11) is 1.39. The minimum atomic E-state index is -4.61. The minimum absolute atomic E-state index is 0.0614. The topological polar surface area (TPSA) is 93.0 Å². The summed E-state index contributed by atoms with van der Waals surface area (Å²) in [6.45, 7) is 3.50. The molecule has 0 fully saturated rings. The fourth-order valence-electron chi connectivity index (χ4n) is 2.95. The summed E-state index contributed by atoms with van der Waals surface area (Å²) in [5.41, 5.74) is 1.52. The van der Waals surface area contributed by atoms with E-state index in [1.807, 2.05) is 32.0 Å². The van der Waals surface area contributed by atoms with Crippen LogP contribution in [0.4, 0.5) is 18.9 Å². The minimum Gasteiger partial charge on any atom is -0.336 e. The number of alkyl halides is 3. The molecule has 3 aromatic rings. The summed E-state index contributed by atoms with van der Waals surface area (Å²) in [5.74, 6) is -1.21. The number of tetrazole rings is 1. The molecule has 3 rings (SSSR count). The average molecular weight is 479 g/mol. The van der Waals surface area contributed by atoms with Crippen LogP contribution >= 0.6 is 11.8 Å².